The predicted molar refractivity (Wildman–Crippen MR) is 284 cm³/mol. The molecule has 4 aromatic carbocycles. The van der Waals surface area contributed by atoms with Crippen LogP contribution in [-0.4, -0.2) is 122 Å². The van der Waals surface area contributed by atoms with Gasteiger partial charge >= 0.3 is 69.2 Å². The molecule has 4 heterocycles. The Bertz CT molecular complexity index is 2740. The number of rotatable bonds is 21. The molecular weight excluding hydrogens is 1010 g/mol. The van der Waals surface area contributed by atoms with Crippen LogP contribution in [-0.2, 0) is 22.4 Å². The molecule has 18 heteroatoms. The molecule has 0 radical (unpaired) electrons. The number of aliphatic carboxylic acids is 1. The monoisotopic (exact) mass is 1080 g/mol. The number of nitrogens with one attached hydrogen (secondary N) is 1. The second-order valence-corrected chi connectivity index (χ2v) is 19.9. The summed E-state index contributed by atoms with van der Waals surface area (Å²) in [5.74, 6) is -9.70. The van der Waals surface area contributed by atoms with Gasteiger partial charge in [0.1, 0.15) is 6.10 Å². The molecule has 0 spiro atoms. The number of aryl methyl sites for hydroxylation is 2. The molecule has 1 unspecified atom stereocenters. The first kappa shape index (κ1) is 62.2. The zero-order valence-corrected chi connectivity index (χ0v) is 47.4. The van der Waals surface area contributed by atoms with E-state index in [9.17, 15) is 37.4 Å². The van der Waals surface area contributed by atoms with Gasteiger partial charge < -0.3 is 47.1 Å². The van der Waals surface area contributed by atoms with Crippen molar-refractivity contribution in [2.45, 2.75) is 127 Å². The van der Waals surface area contributed by atoms with E-state index in [0.29, 0.717) is 17.3 Å². The SMILES string of the molecule is CC(C)Oc1ccc(C(O)[C@H](N)CN2CCCC2)cn1.CC(C)Oc1ccc([C@@H](O)[C@@H](CN2CCCC2)NC(=O)C(F)(F)CCc2ccc3ccccc3c2)cn1.O=C(O)C(F)(F)CCc1ccc2ccccc2c1.[H-].[K+]. The minimum atomic E-state index is -3.66. The fourth-order valence-corrected chi connectivity index (χ4v) is 8.95. The van der Waals surface area contributed by atoms with Crippen molar-refractivity contribution in [1.29, 1.82) is 0 Å². The van der Waals surface area contributed by atoms with Gasteiger partial charge in [-0.2, -0.15) is 17.6 Å². The summed E-state index contributed by atoms with van der Waals surface area (Å²) in [7, 11) is 0. The van der Waals surface area contributed by atoms with Crippen LogP contribution in [0.5, 0.6) is 11.8 Å². The van der Waals surface area contributed by atoms with Crippen LogP contribution in [0.1, 0.15) is 102 Å². The van der Waals surface area contributed by atoms with Crippen molar-refractivity contribution in [2.75, 3.05) is 39.3 Å². The van der Waals surface area contributed by atoms with Crippen LogP contribution in [0.2, 0.25) is 0 Å². The van der Waals surface area contributed by atoms with E-state index in [-0.39, 0.29) is 90.4 Å². The number of aromatic nitrogens is 2. The average Bonchev–Trinajstić information content (AvgIpc) is 4.12. The molecule has 0 bridgehead atoms. The minimum absolute atomic E-state index is 0. The summed E-state index contributed by atoms with van der Waals surface area (Å²) in [4.78, 5) is 35.9. The Morgan fingerprint density at radius 2 is 1.05 bits per heavy atom. The Hall–Kier alpha value is -4.60. The summed E-state index contributed by atoms with van der Waals surface area (Å²) >= 11 is 0. The number of carboxylic acid groups (broad SMARTS) is 1. The molecule has 2 aliphatic heterocycles. The van der Waals surface area contributed by atoms with Gasteiger partial charge in [-0.05, 0) is 137 Å². The third kappa shape index (κ3) is 19.4. The van der Waals surface area contributed by atoms with Crippen molar-refractivity contribution in [1.82, 2.24) is 25.1 Å². The van der Waals surface area contributed by atoms with Gasteiger partial charge in [0.05, 0.1) is 24.4 Å². The summed E-state index contributed by atoms with van der Waals surface area (Å²) in [5.41, 5.74) is 8.73. The molecule has 13 nitrogen and oxygen atoms in total. The normalized spacial score (nSPS) is 15.7. The van der Waals surface area contributed by atoms with E-state index in [0.717, 1.165) is 83.8 Å². The van der Waals surface area contributed by atoms with Crippen molar-refractivity contribution in [3.8, 4) is 11.8 Å². The van der Waals surface area contributed by atoms with Crippen molar-refractivity contribution in [3.63, 3.8) is 0 Å². The molecule has 2 saturated heterocycles. The fraction of sp³-hybridized carbons (Fsp3) is 0.448. The van der Waals surface area contributed by atoms with Gasteiger partial charge in [0, 0.05) is 67.6 Å². The van der Waals surface area contributed by atoms with Crippen molar-refractivity contribution in [2.24, 2.45) is 5.73 Å². The van der Waals surface area contributed by atoms with Crippen LogP contribution in [0.15, 0.2) is 122 Å². The molecular formula is C58H73F4KN6O7. The third-order valence-corrected chi connectivity index (χ3v) is 13.1. The Balaban J connectivity index is 0.000000270. The van der Waals surface area contributed by atoms with Crippen LogP contribution in [0.3, 0.4) is 0 Å². The molecule has 6 N–H and O–H groups in total. The van der Waals surface area contributed by atoms with E-state index in [4.69, 9.17) is 20.3 Å². The number of likely N-dealkylation sites (tertiary alicyclic amines) is 2. The number of pyridine rings is 2. The number of fused-ring (bicyclic) bond motifs is 2. The maximum Gasteiger partial charge on any atom is 1.00 e. The average molecular weight is 1080 g/mol. The summed E-state index contributed by atoms with van der Waals surface area (Å²) in [6, 6.07) is 32.0. The van der Waals surface area contributed by atoms with E-state index in [1.807, 2.05) is 113 Å². The topological polar surface area (TPSA) is 184 Å². The number of nitrogens with two attached hydrogens (primary N) is 1. The molecule has 2 aliphatic rings. The number of hydrogen-bond donors (Lipinski definition) is 5. The number of halogens is 4. The van der Waals surface area contributed by atoms with Crippen LogP contribution in [0.25, 0.3) is 21.5 Å². The van der Waals surface area contributed by atoms with E-state index >= 15 is 0 Å². The van der Waals surface area contributed by atoms with Gasteiger partial charge in [-0.1, -0.05) is 84.9 Å². The van der Waals surface area contributed by atoms with Crippen molar-refractivity contribution in [3.05, 3.63) is 144 Å². The number of benzene rings is 4. The van der Waals surface area contributed by atoms with Crippen molar-refractivity contribution >= 4 is 33.4 Å². The standard InChI is InChI=1S/C29H35F2N3O3.C15H25N3O2.C14H12F2O2.K.H/c1-20(2)37-26-12-11-24(18-32-26)27(35)25(19-34-15-5-6-16-34)33-28(36)29(30,31)14-13-21-9-10-22-7-3-4-8-23(22)17-21;1-11(2)20-14-6-5-12(9-17-14)15(19)13(16)10-18-7-3-4-8-18;15-14(16,13(17)18)8-7-10-5-6-11-3-1-2-4-12(11)9-10;;/h3-4,7-12,17-18,20,25,27,35H,5-6,13-16,19H2,1-2H3,(H,33,36);5-6,9,11,13,15,19H,3-4,7-8,10,16H2,1-2H3;1-6,9H,7-8H2,(H,17,18);;/q;;;+1;-1/t25-,27-;13-,15?;;;/m11.../s1. The van der Waals surface area contributed by atoms with E-state index in [1.165, 1.54) is 19.0 Å². The zero-order chi connectivity index (χ0) is 54.1. The smallest absolute Gasteiger partial charge is 1.00 e. The van der Waals surface area contributed by atoms with Gasteiger partial charge in [-0.25, -0.2) is 14.8 Å². The van der Waals surface area contributed by atoms with E-state index in [1.54, 1.807) is 30.5 Å². The largest absolute Gasteiger partial charge is 1.00 e. The summed E-state index contributed by atoms with van der Waals surface area (Å²) < 4.78 is 66.9. The summed E-state index contributed by atoms with van der Waals surface area (Å²) in [6.45, 7) is 12.4. The van der Waals surface area contributed by atoms with E-state index in [2.05, 4.69) is 25.1 Å². The number of amides is 1. The molecule has 406 valence electrons. The molecule has 8 rings (SSSR count). The minimum Gasteiger partial charge on any atom is -1.00 e. The van der Waals surface area contributed by atoms with Crippen LogP contribution >= 0.6 is 0 Å². The molecule has 0 saturated carbocycles. The molecule has 0 aliphatic carbocycles. The first-order valence-electron chi connectivity index (χ1n) is 25.8. The Kier molecular flexibility index (Phi) is 24.5. The fourth-order valence-electron chi connectivity index (χ4n) is 8.95. The number of carboxylic acids is 1. The van der Waals surface area contributed by atoms with Gasteiger partial charge in [-0.15, -0.1) is 0 Å². The second-order valence-electron chi connectivity index (χ2n) is 19.9. The number of aliphatic hydroxyl groups excluding tert-OH is 2. The molecule has 6 aromatic rings. The Labute approximate surface area is 487 Å². The summed E-state index contributed by atoms with van der Waals surface area (Å²) in [6.07, 6.45) is 4.54. The number of ether oxygens (including phenoxy) is 2. The first-order valence-corrected chi connectivity index (χ1v) is 25.8. The van der Waals surface area contributed by atoms with Crippen molar-refractivity contribution < 1.29 is 105 Å². The Morgan fingerprint density at radius 3 is 1.47 bits per heavy atom. The second kappa shape index (κ2) is 29.9. The van der Waals surface area contributed by atoms with E-state index < -0.39 is 54.8 Å². The van der Waals surface area contributed by atoms with Crippen LogP contribution in [0.4, 0.5) is 17.6 Å². The quantitative estimate of drug-likeness (QED) is 0.0375. The molecule has 1 amide bonds. The van der Waals surface area contributed by atoms with Gasteiger partial charge in [0.15, 0.2) is 0 Å². The molecule has 76 heavy (non-hydrogen) atoms. The van der Waals surface area contributed by atoms with Gasteiger partial charge in [0.25, 0.3) is 5.91 Å². The Morgan fingerprint density at radius 1 is 0.632 bits per heavy atom. The van der Waals surface area contributed by atoms with Crippen LogP contribution < -0.4 is 71.9 Å². The molecule has 4 atom stereocenters. The van der Waals surface area contributed by atoms with Gasteiger partial charge in [0.2, 0.25) is 11.8 Å². The third-order valence-electron chi connectivity index (χ3n) is 13.1. The number of hydrogen-bond acceptors (Lipinski definition) is 11. The van der Waals surface area contributed by atoms with Crippen LogP contribution in [0, 0.1) is 0 Å². The summed E-state index contributed by atoms with van der Waals surface area (Å²) in [5, 5.41) is 36.2. The maximum atomic E-state index is 15.0. The number of carbonyl (C=O) groups is 2. The molecule has 2 fully saturated rings. The van der Waals surface area contributed by atoms with Gasteiger partial charge in [-0.3, -0.25) is 4.79 Å². The predicted octanol–water partition coefficient (Wildman–Crippen LogP) is 6.84. The first-order chi connectivity index (χ1) is 35.8. The maximum absolute atomic E-state index is 15.0. The molecule has 2 aromatic heterocycles. The number of nitrogens with zero attached hydrogens (tertiary/aromatic N) is 4. The number of aliphatic hydroxyl groups is 2. The number of carbonyl (C=O) groups excluding carboxylic acids is 1. The number of alkyl halides is 4. The zero-order valence-electron chi connectivity index (χ0n) is 45.3.